The molecule has 3 atom stereocenters. The molecule has 4 rings (SSSR count). The molecule has 0 fully saturated rings. The summed E-state index contributed by atoms with van der Waals surface area (Å²) in [6.07, 6.45) is 3.83. The second-order valence-corrected chi connectivity index (χ2v) is 6.12. The van der Waals surface area contributed by atoms with E-state index in [1.807, 2.05) is 18.3 Å². The summed E-state index contributed by atoms with van der Waals surface area (Å²) in [4.78, 5) is 16.5. The van der Waals surface area contributed by atoms with E-state index in [2.05, 4.69) is 17.1 Å². The minimum atomic E-state index is -0.296. The molecular weight excluding hydrogens is 290 g/mol. The molecule has 2 aliphatic rings. The summed E-state index contributed by atoms with van der Waals surface area (Å²) in [5.41, 5.74) is 3.97. The Bertz CT molecular complexity index is 812. The smallest absolute Gasteiger partial charge is 0.160 e. The Morgan fingerprint density at radius 1 is 1.26 bits per heavy atom. The van der Waals surface area contributed by atoms with E-state index in [0.717, 1.165) is 18.3 Å². The highest BCUT2D eigenvalue weighted by Crippen LogP contribution is 2.50. The lowest BCUT2D eigenvalue weighted by Gasteiger charge is -2.23. The summed E-state index contributed by atoms with van der Waals surface area (Å²) in [5, 5.41) is 9.99. The molecule has 1 aliphatic heterocycles. The third-order valence-electron chi connectivity index (χ3n) is 4.96. The van der Waals surface area contributed by atoms with Crippen LogP contribution in [-0.4, -0.2) is 24.7 Å². The molecule has 4 heteroatoms. The SMILES string of the molecule is COc1cc2c(cc1O)N=C[C@@H]1Cc3ccccc3C1C2C=O. The van der Waals surface area contributed by atoms with E-state index >= 15 is 0 Å². The van der Waals surface area contributed by atoms with Crippen LogP contribution in [0.3, 0.4) is 0 Å². The summed E-state index contributed by atoms with van der Waals surface area (Å²) in [7, 11) is 1.50. The predicted octanol–water partition coefficient (Wildman–Crippen LogP) is 3.36. The lowest BCUT2D eigenvalue weighted by atomic mass is 9.79. The van der Waals surface area contributed by atoms with Gasteiger partial charge in [0.15, 0.2) is 11.5 Å². The number of aldehydes is 1. The number of carbonyl (C=O) groups excluding carboxylic acids is 1. The Kier molecular flexibility index (Phi) is 3.18. The first-order valence-electron chi connectivity index (χ1n) is 7.71. The summed E-state index contributed by atoms with van der Waals surface area (Å²) in [5.74, 6) is 0.401. The first-order valence-corrected chi connectivity index (χ1v) is 7.71. The zero-order chi connectivity index (χ0) is 16.0. The maximum Gasteiger partial charge on any atom is 0.160 e. The highest BCUT2D eigenvalue weighted by atomic mass is 16.5. The van der Waals surface area contributed by atoms with E-state index in [0.29, 0.717) is 11.4 Å². The van der Waals surface area contributed by atoms with Gasteiger partial charge in [-0.1, -0.05) is 24.3 Å². The van der Waals surface area contributed by atoms with E-state index in [1.54, 1.807) is 12.1 Å². The van der Waals surface area contributed by atoms with Crippen LogP contribution in [0.4, 0.5) is 5.69 Å². The molecule has 23 heavy (non-hydrogen) atoms. The van der Waals surface area contributed by atoms with Gasteiger partial charge in [-0.25, -0.2) is 0 Å². The van der Waals surface area contributed by atoms with Gasteiger partial charge in [0, 0.05) is 30.0 Å². The van der Waals surface area contributed by atoms with Crippen molar-refractivity contribution in [3.8, 4) is 11.5 Å². The molecule has 0 radical (unpaired) electrons. The minimum Gasteiger partial charge on any atom is -0.504 e. The van der Waals surface area contributed by atoms with Crippen molar-refractivity contribution in [1.29, 1.82) is 0 Å². The van der Waals surface area contributed by atoms with Gasteiger partial charge in [-0.15, -0.1) is 0 Å². The van der Waals surface area contributed by atoms with Gasteiger partial charge in [0.25, 0.3) is 0 Å². The molecule has 0 spiro atoms. The quantitative estimate of drug-likeness (QED) is 0.866. The van der Waals surface area contributed by atoms with Gasteiger partial charge in [-0.3, -0.25) is 4.99 Å². The number of hydrogen-bond donors (Lipinski definition) is 1. The van der Waals surface area contributed by atoms with Gasteiger partial charge >= 0.3 is 0 Å². The maximum absolute atomic E-state index is 12.0. The minimum absolute atomic E-state index is 0.0421. The number of aliphatic imine (C=N–C) groups is 1. The van der Waals surface area contributed by atoms with Crippen LogP contribution in [0.1, 0.15) is 28.5 Å². The van der Waals surface area contributed by atoms with Gasteiger partial charge in [-0.2, -0.15) is 0 Å². The molecular formula is C19H17NO3. The molecule has 2 aromatic carbocycles. The maximum atomic E-state index is 12.0. The van der Waals surface area contributed by atoms with Gasteiger partial charge < -0.3 is 14.6 Å². The number of methoxy groups -OCH3 is 1. The van der Waals surface area contributed by atoms with Crippen molar-refractivity contribution in [1.82, 2.24) is 0 Å². The Morgan fingerprint density at radius 2 is 2.09 bits per heavy atom. The zero-order valence-corrected chi connectivity index (χ0v) is 12.8. The molecule has 2 unspecified atom stereocenters. The van der Waals surface area contributed by atoms with Crippen molar-refractivity contribution in [2.24, 2.45) is 10.9 Å². The molecule has 1 heterocycles. The number of nitrogens with zero attached hydrogens (tertiary/aromatic N) is 1. The molecule has 0 saturated carbocycles. The van der Waals surface area contributed by atoms with Crippen LogP contribution in [0.5, 0.6) is 11.5 Å². The number of phenols is 1. The van der Waals surface area contributed by atoms with E-state index < -0.39 is 0 Å². The van der Waals surface area contributed by atoms with Crippen molar-refractivity contribution in [2.45, 2.75) is 18.3 Å². The van der Waals surface area contributed by atoms with E-state index in [-0.39, 0.29) is 23.5 Å². The van der Waals surface area contributed by atoms with Crippen LogP contribution in [0.25, 0.3) is 0 Å². The Balaban J connectivity index is 1.90. The van der Waals surface area contributed by atoms with Crippen LogP contribution in [0, 0.1) is 5.92 Å². The van der Waals surface area contributed by atoms with Crippen LogP contribution in [-0.2, 0) is 11.2 Å². The molecule has 116 valence electrons. The van der Waals surface area contributed by atoms with Crippen molar-refractivity contribution < 1.29 is 14.6 Å². The van der Waals surface area contributed by atoms with E-state index in [1.165, 1.54) is 18.2 Å². The van der Waals surface area contributed by atoms with Crippen LogP contribution >= 0.6 is 0 Å². The van der Waals surface area contributed by atoms with Crippen molar-refractivity contribution >= 4 is 18.2 Å². The first kappa shape index (κ1) is 14.0. The third-order valence-corrected chi connectivity index (χ3v) is 4.96. The third kappa shape index (κ3) is 2.05. The normalized spacial score (nSPS) is 24.3. The first-order chi connectivity index (χ1) is 11.2. The highest BCUT2D eigenvalue weighted by Gasteiger charge is 2.40. The topological polar surface area (TPSA) is 58.9 Å². The van der Waals surface area contributed by atoms with Crippen molar-refractivity contribution in [3.05, 3.63) is 53.1 Å². The van der Waals surface area contributed by atoms with Crippen LogP contribution in [0.15, 0.2) is 41.4 Å². The number of carbonyl (C=O) groups is 1. The molecule has 0 bridgehead atoms. The summed E-state index contributed by atoms with van der Waals surface area (Å²) < 4.78 is 5.21. The molecule has 0 saturated heterocycles. The number of ether oxygens (including phenoxy) is 1. The fourth-order valence-electron chi connectivity index (χ4n) is 3.90. The second kappa shape index (κ2) is 5.23. The highest BCUT2D eigenvalue weighted by molar-refractivity contribution is 5.80. The molecule has 1 N–H and O–H groups in total. The molecule has 4 nitrogen and oxygen atoms in total. The molecule has 2 aromatic rings. The number of aromatic hydroxyl groups is 1. The van der Waals surface area contributed by atoms with E-state index in [9.17, 15) is 9.90 Å². The Morgan fingerprint density at radius 3 is 2.87 bits per heavy atom. The number of phenolic OH excluding ortho intramolecular Hbond substituents is 1. The standard InChI is InChI=1S/C19H17NO3/c1-23-18-7-14-15(10-21)19-12(9-20-16(14)8-17(18)22)6-11-4-2-3-5-13(11)19/h2-5,7-10,12,15,19,22H,6H2,1H3/t12-,15?,19?/m0/s1. The number of rotatable bonds is 2. The molecule has 1 aliphatic carbocycles. The number of fused-ring (bicyclic) bond motifs is 4. The summed E-state index contributed by atoms with van der Waals surface area (Å²) in [6.45, 7) is 0. The average molecular weight is 307 g/mol. The summed E-state index contributed by atoms with van der Waals surface area (Å²) in [6, 6.07) is 11.6. The number of hydrogen-bond acceptors (Lipinski definition) is 4. The number of benzene rings is 2. The fraction of sp³-hybridized carbons (Fsp3) is 0.263. The van der Waals surface area contributed by atoms with Gasteiger partial charge in [0.05, 0.1) is 12.8 Å². The Labute approximate surface area is 134 Å². The van der Waals surface area contributed by atoms with Gasteiger partial charge in [0.1, 0.15) is 6.29 Å². The van der Waals surface area contributed by atoms with E-state index in [4.69, 9.17) is 4.74 Å². The van der Waals surface area contributed by atoms with Crippen LogP contribution < -0.4 is 4.74 Å². The lowest BCUT2D eigenvalue weighted by Crippen LogP contribution is -2.17. The largest absolute Gasteiger partial charge is 0.504 e. The fourth-order valence-corrected chi connectivity index (χ4v) is 3.90. The van der Waals surface area contributed by atoms with Crippen molar-refractivity contribution in [2.75, 3.05) is 7.11 Å². The monoisotopic (exact) mass is 307 g/mol. The zero-order valence-electron chi connectivity index (χ0n) is 12.8. The predicted molar refractivity (Wildman–Crippen MR) is 88.0 cm³/mol. The molecule has 0 aromatic heterocycles. The second-order valence-electron chi connectivity index (χ2n) is 6.12. The van der Waals surface area contributed by atoms with Crippen LogP contribution in [0.2, 0.25) is 0 Å². The van der Waals surface area contributed by atoms with Gasteiger partial charge in [0.2, 0.25) is 0 Å². The average Bonchev–Trinajstić information content (AvgIpc) is 2.86. The lowest BCUT2D eigenvalue weighted by molar-refractivity contribution is -0.109. The summed E-state index contributed by atoms with van der Waals surface area (Å²) >= 11 is 0. The van der Waals surface area contributed by atoms with Gasteiger partial charge in [-0.05, 0) is 29.2 Å². The Hall–Kier alpha value is -2.62. The molecule has 0 amide bonds. The van der Waals surface area contributed by atoms with Crippen molar-refractivity contribution in [3.63, 3.8) is 0 Å².